The van der Waals surface area contributed by atoms with Gasteiger partial charge in [0.05, 0.1) is 5.92 Å². The van der Waals surface area contributed by atoms with Gasteiger partial charge >= 0.3 is 6.01 Å². The average Bonchev–Trinajstić information content (AvgIpc) is 3.02. The third kappa shape index (κ3) is 2.41. The summed E-state index contributed by atoms with van der Waals surface area (Å²) in [6.07, 6.45) is 0. The Morgan fingerprint density at radius 2 is 2.21 bits per heavy atom. The van der Waals surface area contributed by atoms with E-state index < -0.39 is 0 Å². The van der Waals surface area contributed by atoms with E-state index in [2.05, 4.69) is 29.3 Å². The quantitative estimate of drug-likeness (QED) is 0.914. The minimum absolute atomic E-state index is 0.0644. The van der Waals surface area contributed by atoms with Gasteiger partial charge in [0.1, 0.15) is 12.4 Å². The van der Waals surface area contributed by atoms with Crippen molar-refractivity contribution in [1.82, 2.24) is 10.1 Å². The first kappa shape index (κ1) is 12.0. The van der Waals surface area contributed by atoms with Crippen molar-refractivity contribution in [3.8, 4) is 5.75 Å². The Labute approximate surface area is 112 Å². The minimum atomic E-state index is 0.0644. The van der Waals surface area contributed by atoms with E-state index in [0.29, 0.717) is 24.4 Å². The van der Waals surface area contributed by atoms with Gasteiger partial charge in [0.15, 0.2) is 5.82 Å². The summed E-state index contributed by atoms with van der Waals surface area (Å²) in [6, 6.07) is 8.46. The second-order valence-corrected chi connectivity index (χ2v) is 5.13. The number of hydrogen-bond acceptors (Lipinski definition) is 5. The third-order valence-electron chi connectivity index (χ3n) is 3.11. The molecule has 5 heteroatoms. The van der Waals surface area contributed by atoms with Gasteiger partial charge in [-0.05, 0) is 12.0 Å². The van der Waals surface area contributed by atoms with E-state index in [-0.39, 0.29) is 5.92 Å². The molecule has 0 radical (unpaired) electrons. The number of nitrogens with one attached hydrogen (secondary N) is 1. The van der Waals surface area contributed by atoms with E-state index >= 15 is 0 Å². The highest BCUT2D eigenvalue weighted by molar-refractivity contribution is 5.43. The molecule has 0 spiro atoms. The predicted octanol–water partition coefficient (Wildman–Crippen LogP) is 2.66. The molecule has 1 N–H and O–H groups in total. The lowest BCUT2D eigenvalue weighted by Gasteiger charge is -2.03. The average molecular weight is 259 g/mol. The molecule has 1 aromatic carbocycles. The zero-order valence-corrected chi connectivity index (χ0v) is 11.1. The Morgan fingerprint density at radius 3 is 3.05 bits per heavy atom. The van der Waals surface area contributed by atoms with Crippen molar-refractivity contribution in [1.29, 1.82) is 0 Å². The van der Waals surface area contributed by atoms with E-state index in [9.17, 15) is 0 Å². The molecular weight excluding hydrogens is 242 g/mol. The van der Waals surface area contributed by atoms with E-state index in [1.165, 1.54) is 0 Å². The monoisotopic (exact) mass is 259 g/mol. The number of benzene rings is 1. The molecule has 1 atom stereocenters. The zero-order chi connectivity index (χ0) is 13.2. The van der Waals surface area contributed by atoms with Gasteiger partial charge in [0, 0.05) is 12.1 Å². The fraction of sp³-hybridized carbons (Fsp3) is 0.429. The number of hydrogen-bond donors (Lipinski definition) is 1. The summed E-state index contributed by atoms with van der Waals surface area (Å²) in [6.45, 7) is 5.65. The molecule has 0 aliphatic carbocycles. The third-order valence-corrected chi connectivity index (χ3v) is 3.11. The summed E-state index contributed by atoms with van der Waals surface area (Å²) in [5.41, 5.74) is 1.12. The number of anilines is 1. The van der Waals surface area contributed by atoms with Gasteiger partial charge in [-0.15, -0.1) is 0 Å². The standard InChI is InChI=1S/C14H17N3O2/c1-9(2)7-15-14-16-13(17-19-14)11-8-18-12-6-4-3-5-10(11)12/h3-6,9,11H,7-8H2,1-2H3,(H,15,16,17). The van der Waals surface area contributed by atoms with Crippen LogP contribution in [0.2, 0.25) is 0 Å². The lowest BCUT2D eigenvalue weighted by molar-refractivity contribution is 0.334. The molecule has 0 fully saturated rings. The Hall–Kier alpha value is -2.04. The molecular formula is C14H17N3O2. The molecule has 0 amide bonds. The lowest BCUT2D eigenvalue weighted by Crippen LogP contribution is -2.09. The number of aromatic nitrogens is 2. The fourth-order valence-corrected chi connectivity index (χ4v) is 2.12. The van der Waals surface area contributed by atoms with Crippen molar-refractivity contribution < 1.29 is 9.26 Å². The molecule has 1 aromatic heterocycles. The summed E-state index contributed by atoms with van der Waals surface area (Å²) in [5.74, 6) is 2.19. The highest BCUT2D eigenvalue weighted by atomic mass is 16.5. The topological polar surface area (TPSA) is 60.2 Å². The number of para-hydroxylation sites is 1. The van der Waals surface area contributed by atoms with E-state index in [1.807, 2.05) is 24.3 Å². The highest BCUT2D eigenvalue weighted by Gasteiger charge is 2.29. The first-order valence-corrected chi connectivity index (χ1v) is 6.53. The molecule has 0 saturated carbocycles. The van der Waals surface area contributed by atoms with E-state index in [0.717, 1.165) is 17.9 Å². The van der Waals surface area contributed by atoms with Crippen molar-refractivity contribution in [2.24, 2.45) is 5.92 Å². The summed E-state index contributed by atoms with van der Waals surface area (Å²) >= 11 is 0. The number of fused-ring (bicyclic) bond motifs is 1. The molecule has 3 rings (SSSR count). The maximum absolute atomic E-state index is 5.63. The Bertz CT molecular complexity index is 565. The minimum Gasteiger partial charge on any atom is -0.492 e. The van der Waals surface area contributed by atoms with Crippen LogP contribution in [-0.2, 0) is 0 Å². The normalized spacial score (nSPS) is 17.3. The van der Waals surface area contributed by atoms with Gasteiger partial charge in [0.2, 0.25) is 0 Å². The largest absolute Gasteiger partial charge is 0.492 e. The van der Waals surface area contributed by atoms with Crippen molar-refractivity contribution in [3.63, 3.8) is 0 Å². The first-order chi connectivity index (χ1) is 9.24. The van der Waals surface area contributed by atoms with Crippen LogP contribution in [0.1, 0.15) is 31.2 Å². The molecule has 0 bridgehead atoms. The fourth-order valence-electron chi connectivity index (χ4n) is 2.12. The predicted molar refractivity (Wildman–Crippen MR) is 71.4 cm³/mol. The number of nitrogens with zero attached hydrogens (tertiary/aromatic N) is 2. The summed E-state index contributed by atoms with van der Waals surface area (Å²) in [4.78, 5) is 4.39. The van der Waals surface area contributed by atoms with Gasteiger partial charge in [-0.2, -0.15) is 4.98 Å². The van der Waals surface area contributed by atoms with Crippen LogP contribution in [0.3, 0.4) is 0 Å². The molecule has 1 unspecified atom stereocenters. The van der Waals surface area contributed by atoms with Crippen LogP contribution in [0.25, 0.3) is 0 Å². The molecule has 0 saturated heterocycles. The van der Waals surface area contributed by atoms with Crippen LogP contribution < -0.4 is 10.1 Å². The molecule has 5 nitrogen and oxygen atoms in total. The van der Waals surface area contributed by atoms with Gasteiger partial charge in [-0.1, -0.05) is 37.2 Å². The number of ether oxygens (including phenoxy) is 1. The highest BCUT2D eigenvalue weighted by Crippen LogP contribution is 2.36. The van der Waals surface area contributed by atoms with Crippen molar-refractivity contribution in [3.05, 3.63) is 35.7 Å². The van der Waals surface area contributed by atoms with E-state index in [1.54, 1.807) is 0 Å². The second-order valence-electron chi connectivity index (χ2n) is 5.13. The van der Waals surface area contributed by atoms with Crippen LogP contribution in [0.15, 0.2) is 28.8 Å². The molecule has 1 aliphatic rings. The van der Waals surface area contributed by atoms with Crippen LogP contribution in [0.5, 0.6) is 5.75 Å². The molecule has 100 valence electrons. The van der Waals surface area contributed by atoms with Crippen molar-refractivity contribution in [2.75, 3.05) is 18.5 Å². The van der Waals surface area contributed by atoms with Gasteiger partial charge in [0.25, 0.3) is 0 Å². The maximum atomic E-state index is 5.63. The van der Waals surface area contributed by atoms with Crippen molar-refractivity contribution >= 4 is 6.01 Å². The number of rotatable bonds is 4. The van der Waals surface area contributed by atoms with Crippen molar-refractivity contribution in [2.45, 2.75) is 19.8 Å². The summed E-state index contributed by atoms with van der Waals surface area (Å²) in [7, 11) is 0. The molecule has 19 heavy (non-hydrogen) atoms. The van der Waals surface area contributed by atoms with Gasteiger partial charge in [-0.3, -0.25) is 0 Å². The van der Waals surface area contributed by atoms with Crippen LogP contribution in [-0.4, -0.2) is 23.3 Å². The first-order valence-electron chi connectivity index (χ1n) is 6.53. The molecule has 2 aromatic rings. The maximum Gasteiger partial charge on any atom is 0.321 e. The summed E-state index contributed by atoms with van der Waals surface area (Å²) < 4.78 is 10.8. The van der Waals surface area contributed by atoms with Crippen LogP contribution >= 0.6 is 0 Å². The van der Waals surface area contributed by atoms with E-state index in [4.69, 9.17) is 9.26 Å². The summed E-state index contributed by atoms with van der Waals surface area (Å²) in [5, 5.41) is 7.18. The molecule has 1 aliphatic heterocycles. The zero-order valence-electron chi connectivity index (χ0n) is 11.1. The Morgan fingerprint density at radius 1 is 1.37 bits per heavy atom. The molecule has 2 heterocycles. The smallest absolute Gasteiger partial charge is 0.321 e. The van der Waals surface area contributed by atoms with Gasteiger partial charge < -0.3 is 14.6 Å². The van der Waals surface area contributed by atoms with Gasteiger partial charge in [-0.25, -0.2) is 0 Å². The second kappa shape index (κ2) is 4.91. The lowest BCUT2D eigenvalue weighted by atomic mass is 10.0. The van der Waals surface area contributed by atoms with Crippen LogP contribution in [0.4, 0.5) is 6.01 Å². The Balaban J connectivity index is 1.77. The van der Waals surface area contributed by atoms with Crippen LogP contribution in [0, 0.1) is 5.92 Å². The SMILES string of the molecule is CC(C)CNc1nc(C2COc3ccccc32)no1. The Kier molecular flexibility index (Phi) is 3.11.